The van der Waals surface area contributed by atoms with Crippen molar-refractivity contribution < 1.29 is 9.50 Å². The summed E-state index contributed by atoms with van der Waals surface area (Å²) in [4.78, 5) is 0. The van der Waals surface area contributed by atoms with Crippen molar-refractivity contribution >= 4 is 10.8 Å². The largest absolute Gasteiger partial charge is 0.508 e. The quantitative estimate of drug-likeness (QED) is 0.570. The predicted molar refractivity (Wildman–Crippen MR) is 99.0 cm³/mol. The van der Waals surface area contributed by atoms with E-state index in [0.717, 1.165) is 16.9 Å². The average molecular weight is 328 g/mol. The molecule has 1 aliphatic carbocycles. The summed E-state index contributed by atoms with van der Waals surface area (Å²) in [7, 11) is 0. The molecule has 2 aromatic rings. The SMILES string of the molecule is CCCCCCC1CCC(c2cc(F)c3cc(O)ccc3c2)CC1. The molecule has 0 aliphatic heterocycles. The van der Waals surface area contributed by atoms with Crippen LogP contribution in [-0.2, 0) is 0 Å². The number of hydrogen-bond acceptors (Lipinski definition) is 1. The molecule has 1 nitrogen and oxygen atoms in total. The van der Waals surface area contributed by atoms with Crippen LogP contribution in [0.5, 0.6) is 5.75 Å². The number of rotatable bonds is 6. The molecule has 2 aromatic carbocycles. The van der Waals surface area contributed by atoms with Gasteiger partial charge in [-0.25, -0.2) is 4.39 Å². The monoisotopic (exact) mass is 328 g/mol. The molecule has 1 saturated carbocycles. The third-order valence-corrected chi connectivity index (χ3v) is 5.69. The van der Waals surface area contributed by atoms with Crippen molar-refractivity contribution in [3.63, 3.8) is 0 Å². The molecule has 0 aromatic heterocycles. The first-order valence-corrected chi connectivity index (χ1v) is 9.59. The van der Waals surface area contributed by atoms with Gasteiger partial charge in [0, 0.05) is 5.39 Å². The first-order valence-electron chi connectivity index (χ1n) is 9.59. The van der Waals surface area contributed by atoms with Gasteiger partial charge in [-0.05, 0) is 66.7 Å². The molecule has 0 spiro atoms. The molecule has 1 N–H and O–H groups in total. The van der Waals surface area contributed by atoms with E-state index in [9.17, 15) is 9.50 Å². The number of fused-ring (bicyclic) bond motifs is 1. The van der Waals surface area contributed by atoms with E-state index < -0.39 is 0 Å². The molecule has 0 unspecified atom stereocenters. The first kappa shape index (κ1) is 17.3. The van der Waals surface area contributed by atoms with Crippen LogP contribution in [0.3, 0.4) is 0 Å². The molecule has 0 amide bonds. The fraction of sp³-hybridized carbons (Fsp3) is 0.545. The molecule has 24 heavy (non-hydrogen) atoms. The summed E-state index contributed by atoms with van der Waals surface area (Å²) in [5, 5.41) is 10.9. The Morgan fingerprint density at radius 2 is 1.79 bits per heavy atom. The second-order valence-corrected chi connectivity index (χ2v) is 7.48. The normalized spacial score (nSPS) is 21.2. The molecule has 0 radical (unpaired) electrons. The second kappa shape index (κ2) is 8.00. The van der Waals surface area contributed by atoms with E-state index >= 15 is 0 Å². The molecular weight excluding hydrogens is 299 g/mol. The smallest absolute Gasteiger partial charge is 0.131 e. The van der Waals surface area contributed by atoms with Crippen molar-refractivity contribution in [2.45, 2.75) is 70.6 Å². The first-order chi connectivity index (χ1) is 11.7. The zero-order chi connectivity index (χ0) is 16.9. The Bertz CT molecular complexity index is 671. The zero-order valence-corrected chi connectivity index (χ0v) is 14.7. The van der Waals surface area contributed by atoms with Gasteiger partial charge in [0.2, 0.25) is 0 Å². The van der Waals surface area contributed by atoms with Crippen LogP contribution in [0, 0.1) is 11.7 Å². The lowest BCUT2D eigenvalue weighted by molar-refractivity contribution is 0.302. The minimum atomic E-state index is -0.208. The van der Waals surface area contributed by atoms with Crippen LogP contribution in [0.25, 0.3) is 10.8 Å². The predicted octanol–water partition coefficient (Wildman–Crippen LogP) is 6.93. The van der Waals surface area contributed by atoms with Crippen molar-refractivity contribution in [3.8, 4) is 5.75 Å². The van der Waals surface area contributed by atoms with E-state index in [1.807, 2.05) is 6.07 Å². The molecule has 130 valence electrons. The fourth-order valence-corrected chi connectivity index (χ4v) is 4.20. The average Bonchev–Trinajstić information content (AvgIpc) is 2.60. The Labute approximate surface area is 144 Å². The molecule has 0 heterocycles. The lowest BCUT2D eigenvalue weighted by Crippen LogP contribution is -2.13. The van der Waals surface area contributed by atoms with Gasteiger partial charge >= 0.3 is 0 Å². The molecule has 3 rings (SSSR count). The van der Waals surface area contributed by atoms with E-state index in [-0.39, 0.29) is 11.6 Å². The molecule has 0 saturated heterocycles. The summed E-state index contributed by atoms with van der Waals surface area (Å²) in [6.45, 7) is 2.26. The molecular formula is C22H29FO. The molecule has 1 fully saturated rings. The van der Waals surface area contributed by atoms with Crippen molar-refractivity contribution in [2.24, 2.45) is 5.92 Å². The van der Waals surface area contributed by atoms with Gasteiger partial charge in [-0.1, -0.05) is 51.2 Å². The summed E-state index contributed by atoms with van der Waals surface area (Å²) >= 11 is 0. The number of aromatic hydroxyl groups is 1. The summed E-state index contributed by atoms with van der Waals surface area (Å²) < 4.78 is 14.4. The lowest BCUT2D eigenvalue weighted by atomic mass is 9.76. The van der Waals surface area contributed by atoms with Crippen LogP contribution < -0.4 is 0 Å². The summed E-state index contributed by atoms with van der Waals surface area (Å²) in [6, 6.07) is 8.77. The van der Waals surface area contributed by atoms with Crippen LogP contribution in [-0.4, -0.2) is 5.11 Å². The van der Waals surface area contributed by atoms with Gasteiger partial charge in [0.1, 0.15) is 11.6 Å². The number of phenolic OH excluding ortho intramolecular Hbond substituents is 1. The van der Waals surface area contributed by atoms with E-state index in [1.54, 1.807) is 12.1 Å². The van der Waals surface area contributed by atoms with Crippen LogP contribution in [0.1, 0.15) is 76.2 Å². The zero-order valence-electron chi connectivity index (χ0n) is 14.7. The van der Waals surface area contributed by atoms with Gasteiger partial charge in [0.15, 0.2) is 0 Å². The molecule has 0 atom stereocenters. The number of halogens is 1. The highest BCUT2D eigenvalue weighted by Crippen LogP contribution is 2.39. The Kier molecular flexibility index (Phi) is 5.76. The van der Waals surface area contributed by atoms with Crippen LogP contribution >= 0.6 is 0 Å². The maximum Gasteiger partial charge on any atom is 0.131 e. The molecule has 2 heteroatoms. The lowest BCUT2D eigenvalue weighted by Gasteiger charge is -2.29. The minimum absolute atomic E-state index is 0.123. The van der Waals surface area contributed by atoms with Crippen LogP contribution in [0.4, 0.5) is 4.39 Å². The van der Waals surface area contributed by atoms with Gasteiger partial charge in [-0.3, -0.25) is 0 Å². The fourth-order valence-electron chi connectivity index (χ4n) is 4.20. The summed E-state index contributed by atoms with van der Waals surface area (Å²) in [5.74, 6) is 1.28. The number of hydrogen-bond donors (Lipinski definition) is 1. The van der Waals surface area contributed by atoms with Gasteiger partial charge in [0.05, 0.1) is 0 Å². The summed E-state index contributed by atoms with van der Waals surface area (Å²) in [6.07, 6.45) is 11.7. The Balaban J connectivity index is 1.62. The van der Waals surface area contributed by atoms with Crippen molar-refractivity contribution in [2.75, 3.05) is 0 Å². The third-order valence-electron chi connectivity index (χ3n) is 5.69. The summed E-state index contributed by atoms with van der Waals surface area (Å²) in [5.41, 5.74) is 1.13. The minimum Gasteiger partial charge on any atom is -0.508 e. The van der Waals surface area contributed by atoms with E-state index in [1.165, 1.54) is 63.9 Å². The Hall–Kier alpha value is -1.57. The van der Waals surface area contributed by atoms with Crippen LogP contribution in [0.2, 0.25) is 0 Å². The van der Waals surface area contributed by atoms with Gasteiger partial charge in [0.25, 0.3) is 0 Å². The highest BCUT2D eigenvalue weighted by Gasteiger charge is 2.23. The highest BCUT2D eigenvalue weighted by atomic mass is 19.1. The van der Waals surface area contributed by atoms with Crippen molar-refractivity contribution in [1.29, 1.82) is 0 Å². The number of phenols is 1. The molecule has 0 bridgehead atoms. The standard InChI is InChI=1S/C22H29FO/c1-2-3-4-5-6-16-7-9-17(10-8-16)19-13-18-11-12-20(24)15-21(18)22(23)14-19/h11-17,24H,2-10H2,1H3. The number of unbranched alkanes of at least 4 members (excludes halogenated alkanes) is 3. The molecule has 1 aliphatic rings. The van der Waals surface area contributed by atoms with Crippen molar-refractivity contribution in [3.05, 3.63) is 41.7 Å². The topological polar surface area (TPSA) is 20.2 Å². The third kappa shape index (κ3) is 4.09. The maximum absolute atomic E-state index is 14.4. The van der Waals surface area contributed by atoms with Gasteiger partial charge in [-0.2, -0.15) is 0 Å². The van der Waals surface area contributed by atoms with Gasteiger partial charge < -0.3 is 5.11 Å². The second-order valence-electron chi connectivity index (χ2n) is 7.48. The van der Waals surface area contributed by atoms with E-state index in [2.05, 4.69) is 13.0 Å². The van der Waals surface area contributed by atoms with Crippen molar-refractivity contribution in [1.82, 2.24) is 0 Å². The van der Waals surface area contributed by atoms with E-state index in [0.29, 0.717) is 11.3 Å². The van der Waals surface area contributed by atoms with Gasteiger partial charge in [-0.15, -0.1) is 0 Å². The van der Waals surface area contributed by atoms with E-state index in [4.69, 9.17) is 0 Å². The number of benzene rings is 2. The Morgan fingerprint density at radius 1 is 1.00 bits per heavy atom. The Morgan fingerprint density at radius 3 is 2.54 bits per heavy atom. The van der Waals surface area contributed by atoms with Crippen LogP contribution in [0.15, 0.2) is 30.3 Å². The maximum atomic E-state index is 14.4. The highest BCUT2D eigenvalue weighted by molar-refractivity contribution is 5.85.